The van der Waals surface area contributed by atoms with Crippen LogP contribution in [0.4, 0.5) is 0 Å². The third-order valence-corrected chi connectivity index (χ3v) is 2.19. The van der Waals surface area contributed by atoms with Crippen molar-refractivity contribution in [2.24, 2.45) is 11.5 Å². The van der Waals surface area contributed by atoms with Gasteiger partial charge in [-0.1, -0.05) is 0 Å². The molecule has 1 rings (SSSR count). The molecule has 0 aromatic rings. The van der Waals surface area contributed by atoms with Gasteiger partial charge in [0.05, 0.1) is 0 Å². The molecule has 4 N–H and O–H groups in total. The molecule has 1 aliphatic rings. The summed E-state index contributed by atoms with van der Waals surface area (Å²) in [5.74, 6) is -2.69. The lowest BCUT2D eigenvalue weighted by Crippen LogP contribution is -2.40. The average molecular weight is 243 g/mol. The molecular formula is C9H13N3O5. The van der Waals surface area contributed by atoms with Gasteiger partial charge in [0.15, 0.2) is 0 Å². The number of amides is 3. The number of carbonyl (C=O) groups excluding carboxylic acids is 4. The maximum absolute atomic E-state index is 11.4. The molecule has 0 bridgehead atoms. The highest BCUT2D eigenvalue weighted by Crippen LogP contribution is 2.12. The highest BCUT2D eigenvalue weighted by atomic mass is 16.7. The molecule has 8 nitrogen and oxygen atoms in total. The highest BCUT2D eigenvalue weighted by Gasteiger charge is 2.34. The zero-order chi connectivity index (χ0) is 13.0. The van der Waals surface area contributed by atoms with Crippen LogP contribution >= 0.6 is 0 Å². The van der Waals surface area contributed by atoms with Crippen molar-refractivity contribution >= 4 is 23.7 Å². The van der Waals surface area contributed by atoms with E-state index < -0.39 is 29.7 Å². The Kier molecular flexibility index (Phi) is 4.16. The van der Waals surface area contributed by atoms with Crippen molar-refractivity contribution in [3.05, 3.63) is 0 Å². The molecule has 1 aliphatic heterocycles. The van der Waals surface area contributed by atoms with Gasteiger partial charge in [-0.25, -0.2) is 4.79 Å². The SMILES string of the molecule is NC(=O)CC[C@H](N)C(=O)ON1C(=O)CCC1=O. The van der Waals surface area contributed by atoms with E-state index >= 15 is 0 Å². The molecule has 0 radical (unpaired) electrons. The minimum atomic E-state index is -1.09. The number of rotatable bonds is 5. The van der Waals surface area contributed by atoms with Crippen LogP contribution in [-0.2, 0) is 24.0 Å². The van der Waals surface area contributed by atoms with Crippen molar-refractivity contribution in [1.82, 2.24) is 5.06 Å². The molecule has 1 atom stereocenters. The van der Waals surface area contributed by atoms with E-state index in [0.717, 1.165) is 0 Å². The van der Waals surface area contributed by atoms with E-state index in [-0.39, 0.29) is 25.7 Å². The van der Waals surface area contributed by atoms with Crippen LogP contribution in [-0.4, -0.2) is 34.8 Å². The normalized spacial score (nSPS) is 17.1. The van der Waals surface area contributed by atoms with Gasteiger partial charge in [0.25, 0.3) is 11.8 Å². The second kappa shape index (κ2) is 5.39. The van der Waals surface area contributed by atoms with Gasteiger partial charge in [-0.2, -0.15) is 0 Å². The highest BCUT2D eigenvalue weighted by molar-refractivity contribution is 6.01. The molecule has 0 aromatic carbocycles. The van der Waals surface area contributed by atoms with Crippen molar-refractivity contribution in [3.63, 3.8) is 0 Å². The second-order valence-electron chi connectivity index (χ2n) is 3.60. The number of imide groups is 1. The fourth-order valence-electron chi connectivity index (χ4n) is 1.23. The number of nitrogens with zero attached hydrogens (tertiary/aromatic N) is 1. The largest absolute Gasteiger partial charge is 0.370 e. The van der Waals surface area contributed by atoms with Crippen molar-refractivity contribution in [2.45, 2.75) is 31.7 Å². The minimum Gasteiger partial charge on any atom is -0.370 e. The van der Waals surface area contributed by atoms with Gasteiger partial charge >= 0.3 is 5.97 Å². The van der Waals surface area contributed by atoms with Crippen LogP contribution in [0.1, 0.15) is 25.7 Å². The van der Waals surface area contributed by atoms with Crippen LogP contribution in [0.5, 0.6) is 0 Å². The Morgan fingerprint density at radius 2 is 1.82 bits per heavy atom. The predicted molar refractivity (Wildman–Crippen MR) is 53.6 cm³/mol. The van der Waals surface area contributed by atoms with Gasteiger partial charge in [0.1, 0.15) is 6.04 Å². The van der Waals surface area contributed by atoms with E-state index in [1.54, 1.807) is 0 Å². The van der Waals surface area contributed by atoms with E-state index in [0.29, 0.717) is 5.06 Å². The number of carbonyl (C=O) groups is 4. The van der Waals surface area contributed by atoms with Crippen LogP contribution in [0.25, 0.3) is 0 Å². The van der Waals surface area contributed by atoms with Crippen molar-refractivity contribution in [1.29, 1.82) is 0 Å². The predicted octanol–water partition coefficient (Wildman–Crippen LogP) is -1.81. The molecule has 0 aromatic heterocycles. The fraction of sp³-hybridized carbons (Fsp3) is 0.556. The first kappa shape index (κ1) is 13.1. The summed E-state index contributed by atoms with van der Waals surface area (Å²) in [5, 5.41) is 0.409. The van der Waals surface area contributed by atoms with Gasteiger partial charge in [0.2, 0.25) is 5.91 Å². The number of hydroxylamine groups is 2. The Bertz CT molecular complexity index is 352. The van der Waals surface area contributed by atoms with E-state index in [9.17, 15) is 19.2 Å². The molecule has 8 heteroatoms. The van der Waals surface area contributed by atoms with Crippen LogP contribution in [0.2, 0.25) is 0 Å². The molecule has 0 saturated carbocycles. The first-order valence-corrected chi connectivity index (χ1v) is 5.03. The maximum Gasteiger partial charge on any atom is 0.349 e. The molecule has 1 heterocycles. The summed E-state index contributed by atoms with van der Waals surface area (Å²) < 4.78 is 0. The Hall–Kier alpha value is -1.96. The molecule has 0 aliphatic carbocycles. The first-order chi connectivity index (χ1) is 7.91. The fourth-order valence-corrected chi connectivity index (χ4v) is 1.23. The minimum absolute atomic E-state index is 0.00435. The number of primary amides is 1. The lowest BCUT2D eigenvalue weighted by Gasteiger charge is -2.15. The zero-order valence-corrected chi connectivity index (χ0v) is 9.05. The molecule has 94 valence electrons. The quantitative estimate of drug-likeness (QED) is 0.546. The molecule has 0 spiro atoms. The Labute approximate surface area is 96.8 Å². The zero-order valence-electron chi connectivity index (χ0n) is 9.05. The van der Waals surface area contributed by atoms with Gasteiger partial charge in [-0.15, -0.1) is 5.06 Å². The summed E-state index contributed by atoms with van der Waals surface area (Å²) >= 11 is 0. The summed E-state index contributed by atoms with van der Waals surface area (Å²) in [7, 11) is 0. The van der Waals surface area contributed by atoms with E-state index in [1.807, 2.05) is 0 Å². The third-order valence-electron chi connectivity index (χ3n) is 2.19. The van der Waals surface area contributed by atoms with Crippen LogP contribution in [0, 0.1) is 0 Å². The summed E-state index contributed by atoms with van der Waals surface area (Å²) in [5.41, 5.74) is 10.3. The Balaban J connectivity index is 2.45. The second-order valence-corrected chi connectivity index (χ2v) is 3.60. The Morgan fingerprint density at radius 1 is 1.29 bits per heavy atom. The number of nitrogens with two attached hydrogens (primary N) is 2. The van der Waals surface area contributed by atoms with E-state index in [1.165, 1.54) is 0 Å². The van der Waals surface area contributed by atoms with Gasteiger partial charge < -0.3 is 16.3 Å². The number of hydrogen-bond acceptors (Lipinski definition) is 6. The summed E-state index contributed by atoms with van der Waals surface area (Å²) in [6.07, 6.45) is -0.0339. The van der Waals surface area contributed by atoms with Crippen molar-refractivity contribution < 1.29 is 24.0 Å². The number of hydrogen-bond donors (Lipinski definition) is 2. The van der Waals surface area contributed by atoms with Gasteiger partial charge in [0, 0.05) is 19.3 Å². The molecule has 17 heavy (non-hydrogen) atoms. The van der Waals surface area contributed by atoms with Crippen LogP contribution in [0.3, 0.4) is 0 Å². The standard InChI is InChI=1S/C9H13N3O5/c10-5(1-2-6(11)13)9(16)17-12-7(14)3-4-8(12)15/h5H,1-4,10H2,(H2,11,13)/t5-/m0/s1. The monoisotopic (exact) mass is 243 g/mol. The molecular weight excluding hydrogens is 230 g/mol. The van der Waals surface area contributed by atoms with E-state index in [4.69, 9.17) is 11.5 Å². The first-order valence-electron chi connectivity index (χ1n) is 5.03. The molecule has 1 saturated heterocycles. The van der Waals surface area contributed by atoms with Gasteiger partial charge in [-0.05, 0) is 6.42 Å². The van der Waals surface area contributed by atoms with E-state index in [2.05, 4.69) is 4.84 Å². The lowest BCUT2D eigenvalue weighted by molar-refractivity contribution is -0.198. The summed E-state index contributed by atoms with van der Waals surface area (Å²) in [4.78, 5) is 48.6. The molecule has 0 unspecified atom stereocenters. The Morgan fingerprint density at radius 3 is 2.29 bits per heavy atom. The smallest absolute Gasteiger partial charge is 0.349 e. The third kappa shape index (κ3) is 3.52. The molecule has 1 fully saturated rings. The summed E-state index contributed by atoms with van der Waals surface area (Å²) in [6.45, 7) is 0. The summed E-state index contributed by atoms with van der Waals surface area (Å²) in [6, 6.07) is -1.09. The van der Waals surface area contributed by atoms with Crippen LogP contribution in [0.15, 0.2) is 0 Å². The molecule has 3 amide bonds. The van der Waals surface area contributed by atoms with Gasteiger partial charge in [-0.3, -0.25) is 14.4 Å². The topological polar surface area (TPSA) is 133 Å². The van der Waals surface area contributed by atoms with Crippen molar-refractivity contribution in [2.75, 3.05) is 0 Å². The van der Waals surface area contributed by atoms with Crippen molar-refractivity contribution in [3.8, 4) is 0 Å². The lowest BCUT2D eigenvalue weighted by atomic mass is 10.2. The average Bonchev–Trinajstić information content (AvgIpc) is 2.57. The van der Waals surface area contributed by atoms with Crippen LogP contribution < -0.4 is 11.5 Å². The maximum atomic E-state index is 11.4.